The van der Waals surface area contributed by atoms with Gasteiger partial charge in [0.2, 0.25) is 0 Å². The van der Waals surface area contributed by atoms with Crippen LogP contribution in [0.1, 0.15) is 11.1 Å². The molecular formula is C12H14N2O. The summed E-state index contributed by atoms with van der Waals surface area (Å²) in [6.07, 6.45) is 0.631. The molecule has 0 unspecified atom stereocenters. The first kappa shape index (κ1) is 9.93. The second kappa shape index (κ2) is 3.87. The molecule has 0 fully saturated rings. The van der Waals surface area contributed by atoms with Gasteiger partial charge in [-0.2, -0.15) is 0 Å². The number of hydrogen-bond acceptors (Lipinski definition) is 2. The third-order valence-corrected chi connectivity index (χ3v) is 2.70. The standard InChI is InChI=1S/C12H14N2O/c1-8-9-4-2-3-5-11(9)14-12(15)10(8)6-7-13/h2-5H,6-7,13H2,1H3,(H,14,15). The molecule has 78 valence electrons. The number of nitrogens with one attached hydrogen (secondary N) is 1. The Hall–Kier alpha value is -1.61. The van der Waals surface area contributed by atoms with Crippen LogP contribution in [-0.4, -0.2) is 11.5 Å². The Balaban J connectivity index is 2.78. The van der Waals surface area contributed by atoms with E-state index in [1.807, 2.05) is 31.2 Å². The molecule has 0 amide bonds. The summed E-state index contributed by atoms with van der Waals surface area (Å²) < 4.78 is 0. The predicted octanol–water partition coefficient (Wildman–Crippen LogP) is 1.34. The summed E-state index contributed by atoms with van der Waals surface area (Å²) >= 11 is 0. The molecule has 0 aliphatic carbocycles. The van der Waals surface area contributed by atoms with Crippen LogP contribution in [0.25, 0.3) is 10.9 Å². The zero-order valence-electron chi connectivity index (χ0n) is 8.71. The molecule has 0 spiro atoms. The highest BCUT2D eigenvalue weighted by atomic mass is 16.1. The molecule has 0 atom stereocenters. The van der Waals surface area contributed by atoms with Crippen molar-refractivity contribution in [2.45, 2.75) is 13.3 Å². The van der Waals surface area contributed by atoms with Gasteiger partial charge in [-0.3, -0.25) is 4.79 Å². The first-order valence-electron chi connectivity index (χ1n) is 5.04. The Morgan fingerprint density at radius 1 is 1.33 bits per heavy atom. The lowest BCUT2D eigenvalue weighted by molar-refractivity contribution is 0.938. The highest BCUT2D eigenvalue weighted by molar-refractivity contribution is 5.82. The smallest absolute Gasteiger partial charge is 0.251 e. The second-order valence-electron chi connectivity index (χ2n) is 3.64. The molecule has 0 aliphatic rings. The van der Waals surface area contributed by atoms with E-state index in [-0.39, 0.29) is 5.56 Å². The fourth-order valence-electron chi connectivity index (χ4n) is 1.90. The maximum atomic E-state index is 11.7. The number of fused-ring (bicyclic) bond motifs is 1. The number of aromatic amines is 1. The van der Waals surface area contributed by atoms with Gasteiger partial charge in [0.05, 0.1) is 0 Å². The van der Waals surface area contributed by atoms with Crippen LogP contribution >= 0.6 is 0 Å². The van der Waals surface area contributed by atoms with Crippen LogP contribution in [0.5, 0.6) is 0 Å². The molecular weight excluding hydrogens is 188 g/mol. The molecule has 1 heterocycles. The molecule has 3 nitrogen and oxygen atoms in total. The summed E-state index contributed by atoms with van der Waals surface area (Å²) in [5.74, 6) is 0. The van der Waals surface area contributed by atoms with Gasteiger partial charge >= 0.3 is 0 Å². The third-order valence-electron chi connectivity index (χ3n) is 2.70. The lowest BCUT2D eigenvalue weighted by Crippen LogP contribution is -2.18. The summed E-state index contributed by atoms with van der Waals surface area (Å²) in [4.78, 5) is 14.6. The molecule has 3 heteroatoms. The zero-order chi connectivity index (χ0) is 10.8. The quantitative estimate of drug-likeness (QED) is 0.772. The number of aromatic nitrogens is 1. The third kappa shape index (κ3) is 1.66. The highest BCUT2D eigenvalue weighted by Gasteiger charge is 2.07. The number of pyridine rings is 1. The molecule has 0 saturated heterocycles. The van der Waals surface area contributed by atoms with Gasteiger partial charge in [0, 0.05) is 16.5 Å². The number of para-hydroxylation sites is 1. The molecule has 0 bridgehead atoms. The second-order valence-corrected chi connectivity index (χ2v) is 3.64. The van der Waals surface area contributed by atoms with Crippen molar-refractivity contribution >= 4 is 10.9 Å². The SMILES string of the molecule is Cc1c(CCN)c(=O)[nH]c2ccccc12. The fraction of sp³-hybridized carbons (Fsp3) is 0.250. The average molecular weight is 202 g/mol. The van der Waals surface area contributed by atoms with Crippen LogP contribution in [0.2, 0.25) is 0 Å². The predicted molar refractivity (Wildman–Crippen MR) is 62.1 cm³/mol. The van der Waals surface area contributed by atoms with Crippen molar-refractivity contribution < 1.29 is 0 Å². The lowest BCUT2D eigenvalue weighted by Gasteiger charge is -2.07. The van der Waals surface area contributed by atoms with Crippen molar-refractivity contribution in [3.63, 3.8) is 0 Å². The van der Waals surface area contributed by atoms with Crippen LogP contribution in [0.4, 0.5) is 0 Å². The summed E-state index contributed by atoms with van der Waals surface area (Å²) in [6, 6.07) is 7.82. The molecule has 2 rings (SSSR count). The van der Waals surface area contributed by atoms with Crippen molar-refractivity contribution in [3.05, 3.63) is 45.7 Å². The van der Waals surface area contributed by atoms with Crippen molar-refractivity contribution in [2.24, 2.45) is 5.73 Å². The van der Waals surface area contributed by atoms with E-state index in [4.69, 9.17) is 5.73 Å². The Kier molecular flexibility index (Phi) is 2.56. The molecule has 2 aromatic rings. The van der Waals surface area contributed by atoms with Gasteiger partial charge in [-0.1, -0.05) is 18.2 Å². The Labute approximate surface area is 87.9 Å². The molecule has 1 aromatic carbocycles. The minimum Gasteiger partial charge on any atom is -0.330 e. The first-order chi connectivity index (χ1) is 7.24. The highest BCUT2D eigenvalue weighted by Crippen LogP contribution is 2.16. The van der Waals surface area contributed by atoms with Crippen molar-refractivity contribution in [1.29, 1.82) is 0 Å². The minimum atomic E-state index is -0.0170. The largest absolute Gasteiger partial charge is 0.330 e. The number of nitrogens with two attached hydrogens (primary N) is 1. The number of H-pyrrole nitrogens is 1. The monoisotopic (exact) mass is 202 g/mol. The number of rotatable bonds is 2. The van der Waals surface area contributed by atoms with Crippen molar-refractivity contribution in [2.75, 3.05) is 6.54 Å². The average Bonchev–Trinajstić information content (AvgIpc) is 2.24. The van der Waals surface area contributed by atoms with E-state index < -0.39 is 0 Å². The van der Waals surface area contributed by atoms with Gasteiger partial charge in [-0.05, 0) is 31.5 Å². The molecule has 15 heavy (non-hydrogen) atoms. The van der Waals surface area contributed by atoms with Crippen molar-refractivity contribution in [3.8, 4) is 0 Å². The fourth-order valence-corrected chi connectivity index (χ4v) is 1.90. The van der Waals surface area contributed by atoms with Gasteiger partial charge in [-0.25, -0.2) is 0 Å². The van der Waals surface area contributed by atoms with Crippen LogP contribution in [0, 0.1) is 6.92 Å². The molecule has 1 aromatic heterocycles. The Bertz CT molecular complexity index is 543. The maximum absolute atomic E-state index is 11.7. The van der Waals surface area contributed by atoms with E-state index in [0.29, 0.717) is 13.0 Å². The van der Waals surface area contributed by atoms with E-state index in [9.17, 15) is 4.79 Å². The molecule has 0 aliphatic heterocycles. The van der Waals surface area contributed by atoms with E-state index in [2.05, 4.69) is 4.98 Å². The van der Waals surface area contributed by atoms with Gasteiger partial charge in [0.1, 0.15) is 0 Å². The lowest BCUT2D eigenvalue weighted by atomic mass is 10.0. The Morgan fingerprint density at radius 2 is 2.07 bits per heavy atom. The van der Waals surface area contributed by atoms with Crippen LogP contribution in [0.3, 0.4) is 0 Å². The van der Waals surface area contributed by atoms with E-state index in [0.717, 1.165) is 22.0 Å². The zero-order valence-corrected chi connectivity index (χ0v) is 8.71. The van der Waals surface area contributed by atoms with Gasteiger partial charge in [-0.15, -0.1) is 0 Å². The van der Waals surface area contributed by atoms with E-state index in [1.54, 1.807) is 0 Å². The van der Waals surface area contributed by atoms with Crippen LogP contribution < -0.4 is 11.3 Å². The Morgan fingerprint density at radius 3 is 2.80 bits per heavy atom. The molecule has 0 radical (unpaired) electrons. The minimum absolute atomic E-state index is 0.0170. The van der Waals surface area contributed by atoms with Crippen LogP contribution in [-0.2, 0) is 6.42 Å². The van der Waals surface area contributed by atoms with Gasteiger partial charge < -0.3 is 10.7 Å². The number of aryl methyl sites for hydroxylation is 1. The van der Waals surface area contributed by atoms with Crippen LogP contribution in [0.15, 0.2) is 29.1 Å². The van der Waals surface area contributed by atoms with Gasteiger partial charge in [0.25, 0.3) is 5.56 Å². The summed E-state index contributed by atoms with van der Waals surface area (Å²) in [5, 5.41) is 1.10. The summed E-state index contributed by atoms with van der Waals surface area (Å²) in [6.45, 7) is 2.48. The normalized spacial score (nSPS) is 10.8. The van der Waals surface area contributed by atoms with Crippen molar-refractivity contribution in [1.82, 2.24) is 4.98 Å². The summed E-state index contributed by atoms with van der Waals surface area (Å²) in [5.41, 5.74) is 8.21. The van der Waals surface area contributed by atoms with E-state index >= 15 is 0 Å². The van der Waals surface area contributed by atoms with Gasteiger partial charge in [0.15, 0.2) is 0 Å². The summed E-state index contributed by atoms with van der Waals surface area (Å²) in [7, 11) is 0. The number of hydrogen-bond donors (Lipinski definition) is 2. The first-order valence-corrected chi connectivity index (χ1v) is 5.04. The maximum Gasteiger partial charge on any atom is 0.251 e. The topological polar surface area (TPSA) is 58.9 Å². The molecule has 0 saturated carbocycles. The molecule has 3 N–H and O–H groups in total. The number of benzene rings is 1. The van der Waals surface area contributed by atoms with E-state index in [1.165, 1.54) is 0 Å².